The SMILES string of the molecule is C#CC1C=C2C(C)(CCC3(C)C4CC(C)(C(=O)O)CCC4(C)CCC23C)c2cc(O)c(O)c(C)c21. The zero-order chi connectivity index (χ0) is 25.8. The molecule has 0 radical (unpaired) electrons. The molecule has 35 heavy (non-hydrogen) atoms. The maximum absolute atomic E-state index is 12.3. The Morgan fingerprint density at radius 1 is 1.03 bits per heavy atom. The molecule has 1 aromatic rings. The molecule has 7 atom stereocenters. The van der Waals surface area contributed by atoms with Crippen LogP contribution in [0, 0.1) is 46.8 Å². The number of carbonyl (C=O) groups is 1. The minimum absolute atomic E-state index is 0.0485. The first kappa shape index (κ1) is 24.3. The fraction of sp³-hybridized carbons (Fsp3) is 0.645. The van der Waals surface area contributed by atoms with Crippen LogP contribution in [0.25, 0.3) is 0 Å². The molecule has 0 heterocycles. The van der Waals surface area contributed by atoms with Crippen molar-refractivity contribution in [1.29, 1.82) is 0 Å². The quantitative estimate of drug-likeness (QED) is 0.236. The zero-order valence-electron chi connectivity index (χ0n) is 22.1. The number of aromatic hydroxyl groups is 2. The second kappa shape index (κ2) is 7.09. The van der Waals surface area contributed by atoms with E-state index in [-0.39, 0.29) is 39.1 Å². The van der Waals surface area contributed by atoms with Crippen molar-refractivity contribution in [3.8, 4) is 23.8 Å². The fourth-order valence-electron chi connectivity index (χ4n) is 9.06. The normalized spacial score (nSPS) is 44.1. The molecule has 0 aliphatic heterocycles. The van der Waals surface area contributed by atoms with Crippen molar-refractivity contribution in [3.05, 3.63) is 34.4 Å². The van der Waals surface area contributed by atoms with Crippen LogP contribution < -0.4 is 0 Å². The summed E-state index contributed by atoms with van der Waals surface area (Å²) in [6.07, 6.45) is 14.8. The average molecular weight is 477 g/mol. The molecule has 0 aromatic heterocycles. The van der Waals surface area contributed by atoms with Crippen molar-refractivity contribution in [2.75, 3.05) is 0 Å². The van der Waals surface area contributed by atoms with Crippen LogP contribution in [0.4, 0.5) is 0 Å². The van der Waals surface area contributed by atoms with Crippen LogP contribution in [0.5, 0.6) is 11.5 Å². The third-order valence-electron chi connectivity index (χ3n) is 11.8. The molecule has 5 rings (SSSR count). The van der Waals surface area contributed by atoms with E-state index in [1.54, 1.807) is 6.07 Å². The summed E-state index contributed by atoms with van der Waals surface area (Å²) in [4.78, 5) is 12.3. The molecule has 188 valence electrons. The summed E-state index contributed by atoms with van der Waals surface area (Å²) in [5, 5.41) is 31.2. The van der Waals surface area contributed by atoms with Gasteiger partial charge in [-0.2, -0.15) is 0 Å². The van der Waals surface area contributed by atoms with Gasteiger partial charge in [0.15, 0.2) is 11.5 Å². The Hall–Kier alpha value is -2.41. The van der Waals surface area contributed by atoms with Gasteiger partial charge in [0.2, 0.25) is 0 Å². The molecule has 3 N–H and O–H groups in total. The summed E-state index contributed by atoms with van der Waals surface area (Å²) in [5.41, 5.74) is 3.02. The molecule has 0 bridgehead atoms. The van der Waals surface area contributed by atoms with Crippen LogP contribution in [0.2, 0.25) is 0 Å². The lowest BCUT2D eigenvalue weighted by molar-refractivity contribution is -0.177. The molecule has 4 heteroatoms. The number of carboxylic acid groups (broad SMARTS) is 1. The van der Waals surface area contributed by atoms with E-state index in [1.165, 1.54) is 5.57 Å². The van der Waals surface area contributed by atoms with Gasteiger partial charge in [0.1, 0.15) is 0 Å². The molecule has 1 aromatic carbocycles. The highest BCUT2D eigenvalue weighted by atomic mass is 16.4. The van der Waals surface area contributed by atoms with Crippen LogP contribution in [0.3, 0.4) is 0 Å². The van der Waals surface area contributed by atoms with Crippen LogP contribution >= 0.6 is 0 Å². The zero-order valence-corrected chi connectivity index (χ0v) is 22.1. The van der Waals surface area contributed by atoms with Gasteiger partial charge < -0.3 is 15.3 Å². The molecular weight excluding hydrogens is 436 g/mol. The molecule has 0 spiro atoms. The lowest BCUT2D eigenvalue weighted by atomic mass is 9.34. The first-order valence-corrected chi connectivity index (χ1v) is 13.2. The Morgan fingerprint density at radius 2 is 1.69 bits per heavy atom. The van der Waals surface area contributed by atoms with E-state index in [2.05, 4.69) is 39.7 Å². The number of phenolic OH excluding ortho intramolecular Hbond substituents is 2. The van der Waals surface area contributed by atoms with Crippen molar-refractivity contribution < 1.29 is 20.1 Å². The van der Waals surface area contributed by atoms with E-state index in [4.69, 9.17) is 6.42 Å². The Balaban J connectivity index is 1.69. The molecule has 4 aliphatic carbocycles. The van der Waals surface area contributed by atoms with E-state index in [0.717, 1.165) is 56.1 Å². The number of rotatable bonds is 1. The van der Waals surface area contributed by atoms with Crippen molar-refractivity contribution in [1.82, 2.24) is 0 Å². The van der Waals surface area contributed by atoms with Gasteiger partial charge in [-0.25, -0.2) is 0 Å². The summed E-state index contributed by atoms with van der Waals surface area (Å²) in [5.74, 6) is 2.19. The maximum Gasteiger partial charge on any atom is 0.309 e. The van der Waals surface area contributed by atoms with Crippen LogP contribution in [-0.2, 0) is 10.2 Å². The highest BCUT2D eigenvalue weighted by molar-refractivity contribution is 5.74. The van der Waals surface area contributed by atoms with Gasteiger partial charge in [-0.3, -0.25) is 4.79 Å². The van der Waals surface area contributed by atoms with E-state index in [0.29, 0.717) is 11.5 Å². The number of aliphatic carboxylic acids is 1. The summed E-state index contributed by atoms with van der Waals surface area (Å²) < 4.78 is 0. The smallest absolute Gasteiger partial charge is 0.309 e. The summed E-state index contributed by atoms with van der Waals surface area (Å²) in [7, 11) is 0. The third kappa shape index (κ3) is 2.85. The van der Waals surface area contributed by atoms with Gasteiger partial charge in [-0.1, -0.05) is 45.3 Å². The summed E-state index contributed by atoms with van der Waals surface area (Å²) in [6, 6.07) is 1.75. The lowest BCUT2D eigenvalue weighted by Gasteiger charge is -2.70. The van der Waals surface area contributed by atoms with Gasteiger partial charge >= 0.3 is 5.97 Å². The minimum Gasteiger partial charge on any atom is -0.504 e. The standard InChI is InChI=1S/C31H40O4/c1-8-19-15-22-29(5,20-16-21(32)25(33)18(2)24(19)20)12-14-31(7)23-17-28(4,26(34)35)10-9-27(23,3)11-13-30(22,31)6/h1,15-16,19,23,32-33H,9-14,17H2,2-7H3,(H,34,35). The van der Waals surface area contributed by atoms with Crippen molar-refractivity contribution in [2.45, 2.75) is 97.8 Å². The van der Waals surface area contributed by atoms with Crippen LogP contribution in [0.15, 0.2) is 17.7 Å². The van der Waals surface area contributed by atoms with Gasteiger partial charge in [0.25, 0.3) is 0 Å². The van der Waals surface area contributed by atoms with Crippen LogP contribution in [0.1, 0.15) is 102 Å². The maximum atomic E-state index is 12.3. The Morgan fingerprint density at radius 3 is 2.31 bits per heavy atom. The fourth-order valence-corrected chi connectivity index (χ4v) is 9.06. The average Bonchev–Trinajstić information content (AvgIpc) is 2.80. The molecule has 4 nitrogen and oxygen atoms in total. The molecule has 3 saturated carbocycles. The number of fused-ring (bicyclic) bond motifs is 7. The molecule has 0 amide bonds. The first-order chi connectivity index (χ1) is 16.2. The third-order valence-corrected chi connectivity index (χ3v) is 11.8. The highest BCUT2D eigenvalue weighted by Crippen LogP contribution is 2.75. The molecule has 4 aliphatic rings. The molecular formula is C31H40O4. The van der Waals surface area contributed by atoms with Gasteiger partial charge in [0.05, 0.1) is 11.3 Å². The number of hydrogen-bond acceptors (Lipinski definition) is 3. The number of benzene rings is 1. The van der Waals surface area contributed by atoms with Gasteiger partial charge in [0, 0.05) is 5.41 Å². The van der Waals surface area contributed by atoms with E-state index in [9.17, 15) is 20.1 Å². The lowest BCUT2D eigenvalue weighted by Crippen LogP contribution is -2.62. The predicted molar refractivity (Wildman–Crippen MR) is 137 cm³/mol. The van der Waals surface area contributed by atoms with E-state index in [1.807, 2.05) is 13.8 Å². The minimum atomic E-state index is -0.679. The van der Waals surface area contributed by atoms with Gasteiger partial charge in [-0.05, 0) is 104 Å². The topological polar surface area (TPSA) is 77.8 Å². The van der Waals surface area contributed by atoms with Crippen molar-refractivity contribution in [3.63, 3.8) is 0 Å². The Labute approximate surface area is 209 Å². The predicted octanol–water partition coefficient (Wildman–Crippen LogP) is 6.82. The van der Waals surface area contributed by atoms with Crippen molar-refractivity contribution in [2.24, 2.45) is 27.6 Å². The highest BCUT2D eigenvalue weighted by Gasteiger charge is 2.67. The second-order valence-corrected chi connectivity index (χ2v) is 13.4. The number of allylic oxidation sites excluding steroid dienone is 2. The largest absolute Gasteiger partial charge is 0.504 e. The van der Waals surface area contributed by atoms with Crippen molar-refractivity contribution >= 4 is 5.97 Å². The first-order valence-electron chi connectivity index (χ1n) is 13.2. The number of phenols is 2. The summed E-state index contributed by atoms with van der Waals surface area (Å²) >= 11 is 0. The van der Waals surface area contributed by atoms with E-state index < -0.39 is 11.4 Å². The molecule has 0 saturated heterocycles. The number of carboxylic acids is 1. The number of hydrogen-bond donors (Lipinski definition) is 3. The second-order valence-electron chi connectivity index (χ2n) is 13.4. The number of terminal acetylenes is 1. The monoisotopic (exact) mass is 476 g/mol. The Bertz CT molecular complexity index is 1210. The molecule has 7 unspecified atom stereocenters. The van der Waals surface area contributed by atoms with Gasteiger partial charge in [-0.15, -0.1) is 6.42 Å². The van der Waals surface area contributed by atoms with E-state index >= 15 is 0 Å². The summed E-state index contributed by atoms with van der Waals surface area (Å²) in [6.45, 7) is 13.3. The van der Waals surface area contributed by atoms with Crippen LogP contribution in [-0.4, -0.2) is 21.3 Å². The molecule has 3 fully saturated rings. The Kier molecular flexibility index (Phi) is 4.92.